The number of nitrogens with one attached hydrogen (secondary N) is 1. The number of aromatic nitrogens is 2. The fourth-order valence-electron chi connectivity index (χ4n) is 2.14. The summed E-state index contributed by atoms with van der Waals surface area (Å²) in [5, 5.41) is 0. The van der Waals surface area contributed by atoms with E-state index in [2.05, 4.69) is 9.88 Å². The molecular formula is C13H18Cl3N3O. The number of hydrogen-bond donors (Lipinski definition) is 1. The highest BCUT2D eigenvalue weighted by Crippen LogP contribution is 2.08. The molecule has 1 aromatic heterocycles. The Kier molecular flexibility index (Phi) is 7.45. The lowest BCUT2D eigenvalue weighted by Gasteiger charge is -2.19. The summed E-state index contributed by atoms with van der Waals surface area (Å²) in [7, 11) is 0. The fourth-order valence-corrected chi connectivity index (χ4v) is 2.62. The molecule has 2 aromatic rings. The van der Waals surface area contributed by atoms with Crippen LogP contribution < -0.4 is 5.69 Å². The van der Waals surface area contributed by atoms with Gasteiger partial charge in [-0.25, -0.2) is 4.79 Å². The molecule has 0 radical (unpaired) electrons. The molecule has 0 unspecified atom stereocenters. The number of H-pyrrole nitrogens is 1. The van der Waals surface area contributed by atoms with Crippen LogP contribution in [0, 0.1) is 0 Å². The van der Waals surface area contributed by atoms with Gasteiger partial charge in [-0.15, -0.1) is 35.6 Å². The number of alkyl halides is 2. The number of rotatable bonds is 7. The van der Waals surface area contributed by atoms with Crippen LogP contribution >= 0.6 is 35.6 Å². The summed E-state index contributed by atoms with van der Waals surface area (Å²) in [5.41, 5.74) is 1.73. The van der Waals surface area contributed by atoms with Gasteiger partial charge in [-0.3, -0.25) is 9.47 Å². The summed E-state index contributed by atoms with van der Waals surface area (Å²) in [4.78, 5) is 16.9. The summed E-state index contributed by atoms with van der Waals surface area (Å²) in [6, 6.07) is 7.69. The Bertz CT molecular complexity index is 575. The molecule has 7 heteroatoms. The maximum Gasteiger partial charge on any atom is 0.326 e. The van der Waals surface area contributed by atoms with Gasteiger partial charge in [-0.1, -0.05) is 12.1 Å². The molecule has 1 heterocycles. The van der Waals surface area contributed by atoms with Crippen molar-refractivity contribution in [3.8, 4) is 0 Å². The summed E-state index contributed by atoms with van der Waals surface area (Å²) >= 11 is 11.5. The van der Waals surface area contributed by atoms with E-state index in [1.165, 1.54) is 0 Å². The Morgan fingerprint density at radius 3 is 2.40 bits per heavy atom. The van der Waals surface area contributed by atoms with Crippen molar-refractivity contribution < 1.29 is 0 Å². The molecule has 112 valence electrons. The molecule has 0 saturated heterocycles. The minimum Gasteiger partial charge on any atom is -0.306 e. The fraction of sp³-hybridized carbons (Fsp3) is 0.462. The number of benzene rings is 1. The van der Waals surface area contributed by atoms with E-state index in [9.17, 15) is 4.79 Å². The molecule has 0 aliphatic rings. The van der Waals surface area contributed by atoms with Gasteiger partial charge < -0.3 is 4.98 Å². The minimum atomic E-state index is -0.0714. The van der Waals surface area contributed by atoms with Gasteiger partial charge in [0.2, 0.25) is 0 Å². The van der Waals surface area contributed by atoms with Crippen LogP contribution in [0.15, 0.2) is 29.1 Å². The van der Waals surface area contributed by atoms with E-state index in [-0.39, 0.29) is 18.1 Å². The number of nitrogens with zero attached hydrogens (tertiary/aromatic N) is 2. The Balaban J connectivity index is 0.00000200. The zero-order valence-corrected chi connectivity index (χ0v) is 13.3. The Labute approximate surface area is 134 Å². The molecule has 0 saturated carbocycles. The first-order valence-electron chi connectivity index (χ1n) is 6.28. The third-order valence-corrected chi connectivity index (χ3v) is 3.46. The van der Waals surface area contributed by atoms with Gasteiger partial charge in [0.15, 0.2) is 0 Å². The number of imidazole rings is 1. The van der Waals surface area contributed by atoms with E-state index in [0.29, 0.717) is 18.3 Å². The molecular weight excluding hydrogens is 321 g/mol. The Morgan fingerprint density at radius 1 is 1.10 bits per heavy atom. The zero-order chi connectivity index (χ0) is 13.7. The smallest absolute Gasteiger partial charge is 0.306 e. The highest BCUT2D eigenvalue weighted by atomic mass is 35.5. The van der Waals surface area contributed by atoms with Crippen LogP contribution in [0.2, 0.25) is 0 Å². The van der Waals surface area contributed by atoms with Crippen LogP contribution in [0.1, 0.15) is 0 Å². The average molecular weight is 339 g/mol. The van der Waals surface area contributed by atoms with Crippen molar-refractivity contribution in [2.75, 3.05) is 31.4 Å². The molecule has 20 heavy (non-hydrogen) atoms. The number of halogens is 3. The van der Waals surface area contributed by atoms with Crippen LogP contribution in [0.25, 0.3) is 11.0 Å². The van der Waals surface area contributed by atoms with Crippen LogP contribution in [-0.2, 0) is 6.54 Å². The van der Waals surface area contributed by atoms with Crippen molar-refractivity contribution in [1.82, 2.24) is 14.5 Å². The van der Waals surface area contributed by atoms with Gasteiger partial charge in [-0.05, 0) is 12.1 Å². The monoisotopic (exact) mass is 337 g/mol. The molecule has 1 N–H and O–H groups in total. The molecule has 0 fully saturated rings. The van der Waals surface area contributed by atoms with Gasteiger partial charge in [0.05, 0.1) is 11.0 Å². The van der Waals surface area contributed by atoms with Gasteiger partial charge in [0, 0.05) is 37.9 Å². The lowest BCUT2D eigenvalue weighted by molar-refractivity contribution is 0.294. The molecule has 0 bridgehead atoms. The van der Waals surface area contributed by atoms with E-state index >= 15 is 0 Å². The second-order valence-corrected chi connectivity index (χ2v) is 5.07. The van der Waals surface area contributed by atoms with Gasteiger partial charge in [-0.2, -0.15) is 0 Å². The standard InChI is InChI=1S/C13H17Cl2N3O.ClH/c14-5-7-17(8-6-15)9-10-18-12-4-2-1-3-11(12)16-13(18)19;/h1-4H,5-10H2,(H,16,19);1H. The first-order chi connectivity index (χ1) is 9.26. The number of aromatic amines is 1. The maximum atomic E-state index is 11.9. The average Bonchev–Trinajstić information content (AvgIpc) is 2.72. The minimum absolute atomic E-state index is 0. The highest BCUT2D eigenvalue weighted by molar-refractivity contribution is 6.18. The van der Waals surface area contributed by atoms with Crippen molar-refractivity contribution in [3.63, 3.8) is 0 Å². The van der Waals surface area contributed by atoms with Gasteiger partial charge >= 0.3 is 5.69 Å². The summed E-state index contributed by atoms with van der Waals surface area (Å²) < 4.78 is 1.75. The quantitative estimate of drug-likeness (QED) is 0.788. The third-order valence-electron chi connectivity index (χ3n) is 3.12. The van der Waals surface area contributed by atoms with Crippen molar-refractivity contribution in [2.24, 2.45) is 0 Å². The molecule has 0 atom stereocenters. The normalized spacial score (nSPS) is 10.9. The van der Waals surface area contributed by atoms with Crippen LogP contribution in [0.3, 0.4) is 0 Å². The predicted octanol–water partition coefficient (Wildman–Crippen LogP) is 2.53. The first kappa shape index (κ1) is 17.4. The molecule has 0 aliphatic heterocycles. The van der Waals surface area contributed by atoms with E-state index in [1.54, 1.807) is 4.57 Å². The summed E-state index contributed by atoms with van der Waals surface area (Å²) in [6.45, 7) is 2.97. The Morgan fingerprint density at radius 2 is 1.75 bits per heavy atom. The second kappa shape index (κ2) is 8.57. The SMILES string of the molecule is Cl.O=c1[nH]c2ccccc2n1CCN(CCCl)CCCl. The molecule has 4 nitrogen and oxygen atoms in total. The van der Waals surface area contributed by atoms with Crippen LogP contribution in [0.4, 0.5) is 0 Å². The van der Waals surface area contributed by atoms with Gasteiger partial charge in [0.1, 0.15) is 0 Å². The van der Waals surface area contributed by atoms with Gasteiger partial charge in [0.25, 0.3) is 0 Å². The van der Waals surface area contributed by atoms with Crippen molar-refractivity contribution >= 4 is 46.6 Å². The number of para-hydroxylation sites is 2. The summed E-state index contributed by atoms with van der Waals surface area (Å²) in [5.74, 6) is 1.14. The third kappa shape index (κ3) is 4.16. The molecule has 2 rings (SSSR count). The second-order valence-electron chi connectivity index (χ2n) is 4.32. The van der Waals surface area contributed by atoms with Crippen LogP contribution in [-0.4, -0.2) is 45.8 Å². The topological polar surface area (TPSA) is 41.0 Å². The van der Waals surface area contributed by atoms with Crippen molar-refractivity contribution in [2.45, 2.75) is 6.54 Å². The largest absolute Gasteiger partial charge is 0.326 e. The molecule has 1 aromatic carbocycles. The number of fused-ring (bicyclic) bond motifs is 1. The van der Waals surface area contributed by atoms with Crippen molar-refractivity contribution in [3.05, 3.63) is 34.7 Å². The highest BCUT2D eigenvalue weighted by Gasteiger charge is 2.08. The lowest BCUT2D eigenvalue weighted by atomic mass is 10.3. The van der Waals surface area contributed by atoms with E-state index in [4.69, 9.17) is 23.2 Å². The van der Waals surface area contributed by atoms with Crippen molar-refractivity contribution in [1.29, 1.82) is 0 Å². The maximum absolute atomic E-state index is 11.9. The van der Waals surface area contributed by atoms with Crippen LogP contribution in [0.5, 0.6) is 0 Å². The zero-order valence-electron chi connectivity index (χ0n) is 11.0. The molecule has 0 amide bonds. The van der Waals surface area contributed by atoms with E-state index < -0.39 is 0 Å². The predicted molar refractivity (Wildman–Crippen MR) is 87.7 cm³/mol. The molecule has 0 spiro atoms. The molecule has 0 aliphatic carbocycles. The number of hydrogen-bond acceptors (Lipinski definition) is 2. The van der Waals surface area contributed by atoms with E-state index in [0.717, 1.165) is 30.7 Å². The Hall–Kier alpha value is -0.680. The summed E-state index contributed by atoms with van der Waals surface area (Å²) in [6.07, 6.45) is 0. The first-order valence-corrected chi connectivity index (χ1v) is 7.35. The van der Waals surface area contributed by atoms with E-state index in [1.807, 2.05) is 24.3 Å². The lowest BCUT2D eigenvalue weighted by Crippen LogP contribution is -2.33.